The zero-order chi connectivity index (χ0) is 21.2. The molecule has 2 aromatic heterocycles. The van der Waals surface area contributed by atoms with Crippen LogP contribution >= 0.6 is 0 Å². The van der Waals surface area contributed by atoms with Gasteiger partial charge in [0.15, 0.2) is 5.82 Å². The van der Waals surface area contributed by atoms with Crippen molar-refractivity contribution in [3.8, 4) is 11.8 Å². The van der Waals surface area contributed by atoms with E-state index in [1.165, 1.54) is 0 Å². The highest BCUT2D eigenvalue weighted by atomic mass is 16.5. The summed E-state index contributed by atoms with van der Waals surface area (Å²) in [6.45, 7) is 4.77. The molecule has 2 aromatic carbocycles. The van der Waals surface area contributed by atoms with Crippen LogP contribution in [0, 0.1) is 18.3 Å². The van der Waals surface area contributed by atoms with Gasteiger partial charge in [-0.3, -0.25) is 4.57 Å². The molecule has 0 amide bonds. The predicted molar refractivity (Wildman–Crippen MR) is 121 cm³/mol. The first-order valence-electron chi connectivity index (χ1n) is 10.3. The van der Waals surface area contributed by atoms with Crippen molar-refractivity contribution >= 4 is 28.5 Å². The third kappa shape index (κ3) is 3.47. The Morgan fingerprint density at radius 1 is 1.06 bits per heavy atom. The Morgan fingerprint density at radius 3 is 2.58 bits per heavy atom. The number of para-hydroxylation sites is 2. The molecule has 0 unspecified atom stereocenters. The highest BCUT2D eigenvalue weighted by Gasteiger charge is 2.23. The summed E-state index contributed by atoms with van der Waals surface area (Å²) < 4.78 is 7.46. The maximum absolute atomic E-state index is 10.1. The van der Waals surface area contributed by atoms with Crippen LogP contribution in [0.25, 0.3) is 28.2 Å². The Labute approximate surface area is 180 Å². The average molecular weight is 410 g/mol. The summed E-state index contributed by atoms with van der Waals surface area (Å²) in [6, 6.07) is 20.4. The van der Waals surface area contributed by atoms with Gasteiger partial charge < -0.3 is 14.6 Å². The molecule has 7 heteroatoms. The standard InChI is InChI=1S/C24H22N6O/c1-17-21(20-9-5-6-10-22(20)26-17)15-18(16-25)23-27-28-24(29-11-13-31-14-12-29)30(23)19-7-3-2-4-8-19/h2-10,15,26H,11-14H2,1H3/b18-15+. The largest absolute Gasteiger partial charge is 0.378 e. The average Bonchev–Trinajstić information content (AvgIpc) is 3.39. The van der Waals surface area contributed by atoms with E-state index >= 15 is 0 Å². The maximum atomic E-state index is 10.1. The number of aryl methyl sites for hydroxylation is 1. The lowest BCUT2D eigenvalue weighted by atomic mass is 10.1. The molecule has 154 valence electrons. The predicted octanol–water partition coefficient (Wildman–Crippen LogP) is 3.96. The summed E-state index contributed by atoms with van der Waals surface area (Å²) in [5, 5.41) is 20.1. The fourth-order valence-electron chi connectivity index (χ4n) is 4.01. The third-order valence-corrected chi connectivity index (χ3v) is 5.55. The lowest BCUT2D eigenvalue weighted by Gasteiger charge is -2.28. The molecule has 7 nitrogen and oxygen atoms in total. The zero-order valence-corrected chi connectivity index (χ0v) is 17.2. The molecule has 0 atom stereocenters. The molecule has 0 radical (unpaired) electrons. The first-order valence-corrected chi connectivity index (χ1v) is 10.3. The van der Waals surface area contributed by atoms with Crippen molar-refractivity contribution in [2.24, 2.45) is 0 Å². The van der Waals surface area contributed by atoms with Gasteiger partial charge in [-0.2, -0.15) is 5.26 Å². The van der Waals surface area contributed by atoms with Gasteiger partial charge in [0.05, 0.1) is 24.5 Å². The number of morpholine rings is 1. The quantitative estimate of drug-likeness (QED) is 0.515. The van der Waals surface area contributed by atoms with Crippen LogP contribution in [-0.2, 0) is 4.74 Å². The zero-order valence-electron chi connectivity index (χ0n) is 17.2. The lowest BCUT2D eigenvalue weighted by molar-refractivity contribution is 0.122. The smallest absolute Gasteiger partial charge is 0.232 e. The van der Waals surface area contributed by atoms with E-state index in [1.807, 2.05) is 66.1 Å². The summed E-state index contributed by atoms with van der Waals surface area (Å²) in [6.07, 6.45) is 1.90. The molecule has 4 aromatic rings. The summed E-state index contributed by atoms with van der Waals surface area (Å²) in [5.74, 6) is 1.25. The number of hydrogen-bond acceptors (Lipinski definition) is 5. The Hall–Kier alpha value is -3.89. The molecule has 0 spiro atoms. The van der Waals surface area contributed by atoms with Crippen LogP contribution in [0.15, 0.2) is 54.6 Å². The van der Waals surface area contributed by atoms with Crippen molar-refractivity contribution in [3.05, 3.63) is 71.7 Å². The van der Waals surface area contributed by atoms with Crippen LogP contribution in [0.2, 0.25) is 0 Å². The van der Waals surface area contributed by atoms with Gasteiger partial charge in [0.1, 0.15) is 6.07 Å². The molecule has 1 N–H and O–H groups in total. The van der Waals surface area contributed by atoms with Crippen LogP contribution in [0.1, 0.15) is 17.1 Å². The van der Waals surface area contributed by atoms with Crippen LogP contribution in [0.4, 0.5) is 5.95 Å². The first-order chi connectivity index (χ1) is 15.3. The Bertz CT molecular complexity index is 1290. The van der Waals surface area contributed by atoms with E-state index in [0.29, 0.717) is 24.6 Å². The summed E-state index contributed by atoms with van der Waals surface area (Å²) in [4.78, 5) is 5.54. The highest BCUT2D eigenvalue weighted by Crippen LogP contribution is 2.29. The molecule has 3 heterocycles. The number of anilines is 1. The lowest BCUT2D eigenvalue weighted by Crippen LogP contribution is -2.38. The van der Waals surface area contributed by atoms with Crippen molar-refractivity contribution in [2.45, 2.75) is 6.92 Å². The van der Waals surface area contributed by atoms with E-state index in [2.05, 4.69) is 32.2 Å². The van der Waals surface area contributed by atoms with Gasteiger partial charge in [0.25, 0.3) is 0 Å². The number of allylic oxidation sites excluding steroid dienone is 1. The molecule has 1 saturated heterocycles. The number of ether oxygens (including phenoxy) is 1. The van der Waals surface area contributed by atoms with Gasteiger partial charge in [-0.1, -0.05) is 36.4 Å². The number of rotatable bonds is 4. The minimum Gasteiger partial charge on any atom is -0.378 e. The van der Waals surface area contributed by atoms with Crippen LogP contribution in [0.5, 0.6) is 0 Å². The molecule has 0 aliphatic carbocycles. The van der Waals surface area contributed by atoms with Gasteiger partial charge in [-0.25, -0.2) is 0 Å². The second kappa shape index (κ2) is 8.09. The third-order valence-electron chi connectivity index (χ3n) is 5.55. The first kappa shape index (κ1) is 19.1. The number of fused-ring (bicyclic) bond motifs is 1. The van der Waals surface area contributed by atoms with E-state index in [0.717, 1.165) is 46.9 Å². The van der Waals surface area contributed by atoms with E-state index in [4.69, 9.17) is 4.74 Å². The summed E-state index contributed by atoms with van der Waals surface area (Å²) >= 11 is 0. The van der Waals surface area contributed by atoms with Gasteiger partial charge >= 0.3 is 0 Å². The minimum atomic E-state index is 0.462. The van der Waals surface area contributed by atoms with E-state index in [1.54, 1.807) is 0 Å². The summed E-state index contributed by atoms with van der Waals surface area (Å²) in [5.41, 5.74) is 4.42. The number of aromatic nitrogens is 4. The van der Waals surface area contributed by atoms with Gasteiger partial charge in [0.2, 0.25) is 5.95 Å². The van der Waals surface area contributed by atoms with Gasteiger partial charge in [-0.15, -0.1) is 10.2 Å². The van der Waals surface area contributed by atoms with E-state index < -0.39 is 0 Å². The molecule has 0 bridgehead atoms. The van der Waals surface area contributed by atoms with Crippen LogP contribution in [0.3, 0.4) is 0 Å². The van der Waals surface area contributed by atoms with Crippen molar-refractivity contribution < 1.29 is 4.74 Å². The van der Waals surface area contributed by atoms with E-state index in [-0.39, 0.29) is 0 Å². The topological polar surface area (TPSA) is 82.8 Å². The van der Waals surface area contributed by atoms with Gasteiger partial charge in [0, 0.05) is 35.2 Å². The number of benzene rings is 2. The fourth-order valence-corrected chi connectivity index (χ4v) is 4.01. The number of aromatic amines is 1. The molecular formula is C24H22N6O. The minimum absolute atomic E-state index is 0.462. The number of nitriles is 1. The van der Waals surface area contributed by atoms with Crippen molar-refractivity contribution in [2.75, 3.05) is 31.2 Å². The van der Waals surface area contributed by atoms with E-state index in [9.17, 15) is 5.26 Å². The van der Waals surface area contributed by atoms with Crippen LogP contribution in [-0.4, -0.2) is 46.1 Å². The number of nitrogens with one attached hydrogen (secondary N) is 1. The molecule has 1 aliphatic heterocycles. The normalized spacial score (nSPS) is 14.7. The molecular weight excluding hydrogens is 388 g/mol. The maximum Gasteiger partial charge on any atom is 0.232 e. The Balaban J connectivity index is 1.68. The number of hydrogen-bond donors (Lipinski definition) is 1. The van der Waals surface area contributed by atoms with Crippen molar-refractivity contribution in [3.63, 3.8) is 0 Å². The Morgan fingerprint density at radius 2 is 1.81 bits per heavy atom. The van der Waals surface area contributed by atoms with Crippen LogP contribution < -0.4 is 4.90 Å². The number of nitrogens with zero attached hydrogens (tertiary/aromatic N) is 5. The van der Waals surface area contributed by atoms with Crippen molar-refractivity contribution in [1.82, 2.24) is 19.7 Å². The second-order valence-corrected chi connectivity index (χ2v) is 7.47. The monoisotopic (exact) mass is 410 g/mol. The number of H-pyrrole nitrogens is 1. The van der Waals surface area contributed by atoms with Gasteiger partial charge in [-0.05, 0) is 31.2 Å². The second-order valence-electron chi connectivity index (χ2n) is 7.47. The highest BCUT2D eigenvalue weighted by molar-refractivity contribution is 5.98. The summed E-state index contributed by atoms with van der Waals surface area (Å²) in [7, 11) is 0. The molecule has 5 rings (SSSR count). The molecule has 1 aliphatic rings. The fraction of sp³-hybridized carbons (Fsp3) is 0.208. The SMILES string of the molecule is Cc1[nH]c2ccccc2c1/C=C(\C#N)c1nnc(N2CCOCC2)n1-c1ccccc1. The molecule has 31 heavy (non-hydrogen) atoms. The molecule has 1 fully saturated rings. The van der Waals surface area contributed by atoms with Crippen molar-refractivity contribution in [1.29, 1.82) is 5.26 Å². The Kier molecular flexibility index (Phi) is 4.98. The molecule has 0 saturated carbocycles.